The predicted molar refractivity (Wildman–Crippen MR) is 129 cm³/mol. The monoisotopic (exact) mass is 461 g/mol. The van der Waals surface area contributed by atoms with Gasteiger partial charge in [0, 0.05) is 37.6 Å². The van der Waals surface area contributed by atoms with Crippen molar-refractivity contribution in [3.8, 4) is 17.2 Å². The SMILES string of the molecule is CCNc1cc(Oc2ccc(NC(=O)c3c(C)n(C)n(-c4ccccc4)c3=O)cc2F)ccn1. The van der Waals surface area contributed by atoms with Gasteiger partial charge in [0.1, 0.15) is 17.1 Å². The van der Waals surface area contributed by atoms with Crippen LogP contribution >= 0.6 is 0 Å². The van der Waals surface area contributed by atoms with Gasteiger partial charge in [-0.1, -0.05) is 18.2 Å². The van der Waals surface area contributed by atoms with Crippen LogP contribution in [0.4, 0.5) is 15.9 Å². The summed E-state index contributed by atoms with van der Waals surface area (Å²) in [6, 6.07) is 16.4. The van der Waals surface area contributed by atoms with E-state index in [9.17, 15) is 14.0 Å². The summed E-state index contributed by atoms with van der Waals surface area (Å²) in [4.78, 5) is 30.1. The van der Waals surface area contributed by atoms with Gasteiger partial charge in [-0.3, -0.25) is 14.3 Å². The van der Waals surface area contributed by atoms with Crippen LogP contribution in [0.2, 0.25) is 0 Å². The van der Waals surface area contributed by atoms with Crippen LogP contribution in [-0.2, 0) is 7.05 Å². The first-order valence-corrected chi connectivity index (χ1v) is 10.7. The lowest BCUT2D eigenvalue weighted by Crippen LogP contribution is -2.25. The van der Waals surface area contributed by atoms with E-state index in [1.165, 1.54) is 16.8 Å². The Balaban J connectivity index is 1.55. The van der Waals surface area contributed by atoms with Crippen LogP contribution in [0, 0.1) is 12.7 Å². The smallest absolute Gasteiger partial charge is 0.284 e. The maximum absolute atomic E-state index is 14.7. The first-order chi connectivity index (χ1) is 16.4. The maximum Gasteiger partial charge on any atom is 0.284 e. The molecule has 0 bridgehead atoms. The third-order valence-electron chi connectivity index (χ3n) is 5.29. The molecule has 2 aromatic carbocycles. The van der Waals surface area contributed by atoms with Crippen molar-refractivity contribution >= 4 is 17.4 Å². The van der Waals surface area contributed by atoms with Crippen molar-refractivity contribution in [2.45, 2.75) is 13.8 Å². The number of halogens is 1. The molecule has 1 amide bonds. The Kier molecular flexibility index (Phi) is 6.44. The molecule has 0 aliphatic heterocycles. The molecule has 2 N–H and O–H groups in total. The molecule has 0 unspecified atom stereocenters. The number of para-hydroxylation sites is 1. The van der Waals surface area contributed by atoms with Crippen LogP contribution in [0.25, 0.3) is 5.69 Å². The number of aromatic nitrogens is 3. The lowest BCUT2D eigenvalue weighted by Gasteiger charge is -2.10. The Morgan fingerprint density at radius 1 is 1.12 bits per heavy atom. The molecule has 0 radical (unpaired) electrons. The zero-order valence-electron chi connectivity index (χ0n) is 19.0. The standard InChI is InChI=1S/C25H24FN5O3/c1-4-27-22-15-19(12-13-28-22)34-21-11-10-17(14-20(21)26)29-24(32)23-16(2)30(3)31(25(23)33)18-8-6-5-7-9-18/h5-15H,4H2,1-3H3,(H,27,28)(H,29,32). The van der Waals surface area contributed by atoms with Crippen molar-refractivity contribution in [3.05, 3.63) is 94.3 Å². The number of hydrogen-bond donors (Lipinski definition) is 2. The topological polar surface area (TPSA) is 90.2 Å². The number of anilines is 2. The molecule has 4 rings (SSSR count). The number of ether oxygens (including phenoxy) is 1. The second-order valence-corrected chi connectivity index (χ2v) is 7.55. The Labute approximate surface area is 195 Å². The van der Waals surface area contributed by atoms with Gasteiger partial charge in [-0.25, -0.2) is 14.1 Å². The van der Waals surface area contributed by atoms with E-state index in [1.54, 1.807) is 49.1 Å². The number of carbonyl (C=O) groups excluding carboxylic acids is 1. The number of carbonyl (C=O) groups is 1. The lowest BCUT2D eigenvalue weighted by molar-refractivity contribution is 0.102. The van der Waals surface area contributed by atoms with E-state index < -0.39 is 17.3 Å². The first kappa shape index (κ1) is 22.8. The molecule has 174 valence electrons. The highest BCUT2D eigenvalue weighted by molar-refractivity contribution is 6.05. The maximum atomic E-state index is 14.7. The third kappa shape index (κ3) is 4.54. The fraction of sp³-hybridized carbons (Fsp3) is 0.160. The second kappa shape index (κ2) is 9.62. The largest absolute Gasteiger partial charge is 0.454 e. The highest BCUT2D eigenvalue weighted by atomic mass is 19.1. The van der Waals surface area contributed by atoms with Crippen LogP contribution in [-0.4, -0.2) is 26.8 Å². The molecule has 0 atom stereocenters. The predicted octanol–water partition coefficient (Wildman–Crippen LogP) is 4.49. The van der Waals surface area contributed by atoms with E-state index >= 15 is 0 Å². The summed E-state index contributed by atoms with van der Waals surface area (Å²) in [7, 11) is 1.70. The minimum Gasteiger partial charge on any atom is -0.454 e. The van der Waals surface area contributed by atoms with Crippen molar-refractivity contribution in [1.29, 1.82) is 0 Å². The van der Waals surface area contributed by atoms with Gasteiger partial charge < -0.3 is 15.4 Å². The normalized spacial score (nSPS) is 10.7. The summed E-state index contributed by atoms with van der Waals surface area (Å²) >= 11 is 0. The summed E-state index contributed by atoms with van der Waals surface area (Å²) in [6.45, 7) is 4.32. The number of pyridine rings is 1. The number of nitrogens with zero attached hydrogens (tertiary/aromatic N) is 3. The molecule has 0 spiro atoms. The average Bonchev–Trinajstić information content (AvgIpc) is 3.04. The van der Waals surface area contributed by atoms with Gasteiger partial charge in [0.25, 0.3) is 11.5 Å². The molecule has 0 fully saturated rings. The Morgan fingerprint density at radius 2 is 1.88 bits per heavy atom. The molecule has 0 aliphatic rings. The first-order valence-electron chi connectivity index (χ1n) is 10.7. The van der Waals surface area contributed by atoms with E-state index in [2.05, 4.69) is 15.6 Å². The van der Waals surface area contributed by atoms with Crippen molar-refractivity contribution in [2.24, 2.45) is 7.05 Å². The second-order valence-electron chi connectivity index (χ2n) is 7.55. The van der Waals surface area contributed by atoms with Gasteiger partial charge in [-0.2, -0.15) is 0 Å². The molecule has 34 heavy (non-hydrogen) atoms. The molecule has 0 aliphatic carbocycles. The summed E-state index contributed by atoms with van der Waals surface area (Å²) in [5.74, 6) is -0.253. The number of rotatable bonds is 7. The molecule has 0 saturated carbocycles. The van der Waals surface area contributed by atoms with E-state index in [4.69, 9.17) is 4.74 Å². The number of hydrogen-bond acceptors (Lipinski definition) is 5. The molecule has 8 nitrogen and oxygen atoms in total. The van der Waals surface area contributed by atoms with Crippen LogP contribution in [0.15, 0.2) is 71.7 Å². The van der Waals surface area contributed by atoms with Gasteiger partial charge in [-0.15, -0.1) is 0 Å². The Bertz CT molecular complexity index is 1400. The number of amides is 1. The average molecular weight is 461 g/mol. The molecule has 0 saturated heterocycles. The summed E-state index contributed by atoms with van der Waals surface area (Å²) in [5.41, 5.74) is 0.851. The Hall–Kier alpha value is -4.40. The molecule has 4 aromatic rings. The van der Waals surface area contributed by atoms with Gasteiger partial charge in [0.15, 0.2) is 11.6 Å². The van der Waals surface area contributed by atoms with Crippen molar-refractivity contribution in [3.63, 3.8) is 0 Å². The van der Waals surface area contributed by atoms with Gasteiger partial charge in [0.2, 0.25) is 0 Å². The fourth-order valence-corrected chi connectivity index (χ4v) is 3.56. The third-order valence-corrected chi connectivity index (χ3v) is 5.29. The minimum atomic E-state index is -0.661. The molecule has 2 aromatic heterocycles. The van der Waals surface area contributed by atoms with Gasteiger partial charge >= 0.3 is 0 Å². The molecular formula is C25H24FN5O3. The highest BCUT2D eigenvalue weighted by Crippen LogP contribution is 2.28. The lowest BCUT2D eigenvalue weighted by atomic mass is 10.2. The van der Waals surface area contributed by atoms with Crippen LogP contribution in [0.3, 0.4) is 0 Å². The van der Waals surface area contributed by atoms with E-state index in [1.807, 2.05) is 25.1 Å². The fourth-order valence-electron chi connectivity index (χ4n) is 3.56. The van der Waals surface area contributed by atoms with E-state index in [-0.39, 0.29) is 17.0 Å². The molecule has 9 heteroatoms. The Morgan fingerprint density at radius 3 is 2.59 bits per heavy atom. The van der Waals surface area contributed by atoms with Crippen LogP contribution < -0.4 is 20.9 Å². The van der Waals surface area contributed by atoms with E-state index in [0.29, 0.717) is 29.5 Å². The minimum absolute atomic E-state index is 0.00558. The number of benzene rings is 2. The van der Waals surface area contributed by atoms with E-state index in [0.717, 1.165) is 6.07 Å². The zero-order chi connectivity index (χ0) is 24.2. The van der Waals surface area contributed by atoms with Crippen molar-refractivity contribution < 1.29 is 13.9 Å². The van der Waals surface area contributed by atoms with Gasteiger partial charge in [-0.05, 0) is 44.2 Å². The summed E-state index contributed by atoms with van der Waals surface area (Å²) in [5, 5.41) is 5.67. The quantitative estimate of drug-likeness (QED) is 0.423. The zero-order valence-corrected chi connectivity index (χ0v) is 19.0. The highest BCUT2D eigenvalue weighted by Gasteiger charge is 2.22. The number of nitrogens with one attached hydrogen (secondary N) is 2. The summed E-state index contributed by atoms with van der Waals surface area (Å²) < 4.78 is 23.4. The van der Waals surface area contributed by atoms with Crippen LogP contribution in [0.1, 0.15) is 23.0 Å². The van der Waals surface area contributed by atoms with Crippen LogP contribution in [0.5, 0.6) is 11.5 Å². The molecular weight excluding hydrogens is 437 g/mol. The van der Waals surface area contributed by atoms with Crippen molar-refractivity contribution in [1.82, 2.24) is 14.3 Å². The molecule has 2 heterocycles. The summed E-state index contributed by atoms with van der Waals surface area (Å²) in [6.07, 6.45) is 1.56. The van der Waals surface area contributed by atoms with Crippen molar-refractivity contribution in [2.75, 3.05) is 17.2 Å². The van der Waals surface area contributed by atoms with Gasteiger partial charge in [0.05, 0.1) is 11.4 Å².